The van der Waals surface area contributed by atoms with Gasteiger partial charge in [0, 0.05) is 18.2 Å². The molecule has 1 heterocycles. The molecular formula is C22H29NO3. The maximum absolute atomic E-state index is 13.0. The van der Waals surface area contributed by atoms with Crippen LogP contribution in [0.1, 0.15) is 63.9 Å². The molecule has 2 aliphatic rings. The molecule has 0 aromatic heterocycles. The lowest BCUT2D eigenvalue weighted by Gasteiger charge is -2.37. The quantitative estimate of drug-likeness (QED) is 0.744. The Balaban J connectivity index is 2.02. The van der Waals surface area contributed by atoms with Crippen LogP contribution in [0.4, 0.5) is 0 Å². The van der Waals surface area contributed by atoms with Crippen molar-refractivity contribution in [3.63, 3.8) is 0 Å². The molecule has 1 amide bonds. The van der Waals surface area contributed by atoms with E-state index in [1.807, 2.05) is 48.2 Å². The number of esters is 1. The molecule has 1 unspecified atom stereocenters. The molecule has 0 saturated heterocycles. The Morgan fingerprint density at radius 3 is 2.50 bits per heavy atom. The van der Waals surface area contributed by atoms with Crippen molar-refractivity contribution < 1.29 is 14.3 Å². The van der Waals surface area contributed by atoms with Crippen LogP contribution < -0.4 is 0 Å². The highest BCUT2D eigenvalue weighted by atomic mass is 16.5. The van der Waals surface area contributed by atoms with Gasteiger partial charge >= 0.3 is 5.97 Å². The zero-order valence-electron chi connectivity index (χ0n) is 15.7. The van der Waals surface area contributed by atoms with Gasteiger partial charge in [-0.2, -0.15) is 0 Å². The van der Waals surface area contributed by atoms with Crippen molar-refractivity contribution in [2.24, 2.45) is 5.92 Å². The molecule has 26 heavy (non-hydrogen) atoms. The van der Waals surface area contributed by atoms with Gasteiger partial charge in [-0.15, -0.1) is 0 Å². The molecule has 140 valence electrons. The second-order valence-electron chi connectivity index (χ2n) is 7.22. The molecule has 1 aromatic rings. The molecule has 1 aliphatic carbocycles. The monoisotopic (exact) mass is 355 g/mol. The molecule has 4 heteroatoms. The highest BCUT2D eigenvalue weighted by molar-refractivity contribution is 5.89. The highest BCUT2D eigenvalue weighted by Crippen LogP contribution is 2.34. The van der Waals surface area contributed by atoms with Gasteiger partial charge in [0.15, 0.2) is 0 Å². The number of hydrogen-bond acceptors (Lipinski definition) is 3. The topological polar surface area (TPSA) is 46.6 Å². The van der Waals surface area contributed by atoms with E-state index in [0.717, 1.165) is 43.4 Å². The highest BCUT2D eigenvalue weighted by Gasteiger charge is 2.32. The summed E-state index contributed by atoms with van der Waals surface area (Å²) in [5.41, 5.74) is 1.89. The van der Waals surface area contributed by atoms with E-state index in [4.69, 9.17) is 4.74 Å². The van der Waals surface area contributed by atoms with Crippen molar-refractivity contribution in [2.75, 3.05) is 6.61 Å². The first-order valence-electron chi connectivity index (χ1n) is 9.96. The van der Waals surface area contributed by atoms with Crippen molar-refractivity contribution in [3.05, 3.63) is 42.0 Å². The number of carbonyl (C=O) groups is 2. The Morgan fingerprint density at radius 2 is 1.81 bits per heavy atom. The van der Waals surface area contributed by atoms with Crippen LogP contribution in [0.5, 0.6) is 0 Å². The molecule has 0 bridgehead atoms. The average Bonchev–Trinajstić information content (AvgIpc) is 2.66. The molecule has 1 atom stereocenters. The smallest absolute Gasteiger partial charge is 0.312 e. The average molecular weight is 355 g/mol. The number of amides is 1. The lowest BCUT2D eigenvalue weighted by Crippen LogP contribution is -2.41. The first-order chi connectivity index (χ1) is 12.7. The van der Waals surface area contributed by atoms with Crippen molar-refractivity contribution in [1.29, 1.82) is 0 Å². The van der Waals surface area contributed by atoms with Crippen molar-refractivity contribution in [2.45, 2.75) is 64.3 Å². The third-order valence-corrected chi connectivity index (χ3v) is 5.39. The van der Waals surface area contributed by atoms with Crippen LogP contribution in [-0.2, 0) is 14.3 Å². The van der Waals surface area contributed by atoms with E-state index in [-0.39, 0.29) is 23.8 Å². The number of carbonyl (C=O) groups excluding carboxylic acids is 2. The minimum Gasteiger partial charge on any atom is -0.466 e. The molecule has 1 aromatic carbocycles. The fourth-order valence-corrected chi connectivity index (χ4v) is 4.10. The summed E-state index contributed by atoms with van der Waals surface area (Å²) in [5.74, 6) is -0.280. The standard InChI is InChI=1S/C22H29NO3/c1-2-26-22(25)18-12-9-15-21(24)23(19-13-7-4-8-14-19)20(16-18)17-10-5-3-6-11-17/h3,5-6,10-11,16,18-19H,2,4,7-9,12-15H2,1H3/b20-16-. The maximum atomic E-state index is 13.0. The van der Waals surface area contributed by atoms with Crippen molar-refractivity contribution in [1.82, 2.24) is 4.90 Å². The third kappa shape index (κ3) is 4.35. The van der Waals surface area contributed by atoms with Crippen LogP contribution >= 0.6 is 0 Å². The normalized spacial score (nSPS) is 24.3. The summed E-state index contributed by atoms with van der Waals surface area (Å²) in [6, 6.07) is 10.2. The predicted molar refractivity (Wildman–Crippen MR) is 102 cm³/mol. The molecule has 0 N–H and O–H groups in total. The van der Waals surface area contributed by atoms with Gasteiger partial charge in [-0.25, -0.2) is 0 Å². The van der Waals surface area contributed by atoms with Gasteiger partial charge in [-0.3, -0.25) is 9.59 Å². The van der Waals surface area contributed by atoms with Crippen LogP contribution in [-0.4, -0.2) is 29.4 Å². The summed E-state index contributed by atoms with van der Waals surface area (Å²) in [4.78, 5) is 27.5. The van der Waals surface area contributed by atoms with E-state index in [1.165, 1.54) is 6.42 Å². The zero-order chi connectivity index (χ0) is 18.4. The summed E-state index contributed by atoms with van der Waals surface area (Å²) >= 11 is 0. The number of benzene rings is 1. The lowest BCUT2D eigenvalue weighted by atomic mass is 9.90. The largest absolute Gasteiger partial charge is 0.466 e. The molecule has 0 radical (unpaired) electrons. The fourth-order valence-electron chi connectivity index (χ4n) is 4.10. The fraction of sp³-hybridized carbons (Fsp3) is 0.545. The number of rotatable bonds is 4. The molecule has 3 rings (SSSR count). The van der Waals surface area contributed by atoms with E-state index in [1.54, 1.807) is 0 Å². The van der Waals surface area contributed by atoms with Crippen LogP contribution in [0.2, 0.25) is 0 Å². The van der Waals surface area contributed by atoms with Gasteiger partial charge in [-0.1, -0.05) is 49.6 Å². The number of nitrogens with zero attached hydrogens (tertiary/aromatic N) is 1. The zero-order valence-corrected chi connectivity index (χ0v) is 15.7. The predicted octanol–water partition coefficient (Wildman–Crippen LogP) is 4.55. The van der Waals surface area contributed by atoms with Crippen LogP contribution in [0.15, 0.2) is 36.4 Å². The Hall–Kier alpha value is -2.10. The molecule has 1 saturated carbocycles. The van der Waals surface area contributed by atoms with E-state index in [2.05, 4.69) is 0 Å². The number of hydrogen-bond donors (Lipinski definition) is 0. The summed E-state index contributed by atoms with van der Waals surface area (Å²) in [7, 11) is 0. The molecule has 1 fully saturated rings. The Kier molecular flexibility index (Phi) is 6.48. The molecule has 4 nitrogen and oxygen atoms in total. The van der Waals surface area contributed by atoms with Gasteiger partial charge < -0.3 is 9.64 Å². The first-order valence-corrected chi connectivity index (χ1v) is 9.96. The van der Waals surface area contributed by atoms with E-state index in [0.29, 0.717) is 19.4 Å². The minimum atomic E-state index is -0.288. The lowest BCUT2D eigenvalue weighted by molar-refractivity contribution is -0.147. The van der Waals surface area contributed by atoms with E-state index in [9.17, 15) is 9.59 Å². The Bertz CT molecular complexity index is 647. The van der Waals surface area contributed by atoms with Crippen LogP contribution in [0, 0.1) is 5.92 Å². The van der Waals surface area contributed by atoms with Gasteiger partial charge in [0.2, 0.25) is 5.91 Å². The Morgan fingerprint density at radius 1 is 1.08 bits per heavy atom. The number of ether oxygens (including phenoxy) is 1. The summed E-state index contributed by atoms with van der Waals surface area (Å²) in [6.45, 7) is 2.22. The second kappa shape index (κ2) is 9.02. The maximum Gasteiger partial charge on any atom is 0.312 e. The summed E-state index contributed by atoms with van der Waals surface area (Å²) < 4.78 is 5.28. The second-order valence-corrected chi connectivity index (χ2v) is 7.22. The van der Waals surface area contributed by atoms with Gasteiger partial charge in [0.1, 0.15) is 0 Å². The van der Waals surface area contributed by atoms with Crippen LogP contribution in [0.3, 0.4) is 0 Å². The SMILES string of the molecule is CCOC(=O)C1/C=C(/c2ccccc2)N(C2CCCCC2)C(=O)CCC1. The third-order valence-electron chi connectivity index (χ3n) is 5.39. The first kappa shape index (κ1) is 18.7. The Labute approximate surface area is 156 Å². The minimum absolute atomic E-state index is 0.182. The van der Waals surface area contributed by atoms with Gasteiger partial charge in [0.25, 0.3) is 0 Å². The van der Waals surface area contributed by atoms with Crippen molar-refractivity contribution in [3.8, 4) is 0 Å². The molecule has 1 aliphatic heterocycles. The van der Waals surface area contributed by atoms with Gasteiger partial charge in [0.05, 0.1) is 12.5 Å². The van der Waals surface area contributed by atoms with Crippen molar-refractivity contribution >= 4 is 17.6 Å². The van der Waals surface area contributed by atoms with E-state index < -0.39 is 0 Å². The summed E-state index contributed by atoms with van der Waals surface area (Å²) in [6.07, 6.45) is 9.53. The molecular weight excluding hydrogens is 326 g/mol. The van der Waals surface area contributed by atoms with Crippen LogP contribution in [0.25, 0.3) is 5.70 Å². The van der Waals surface area contributed by atoms with E-state index >= 15 is 0 Å². The summed E-state index contributed by atoms with van der Waals surface area (Å²) in [5, 5.41) is 0. The van der Waals surface area contributed by atoms with Gasteiger partial charge in [-0.05, 0) is 44.2 Å². The molecule has 0 spiro atoms.